The standard InChI is InChI=1S/C18H22N8/c19-15-9-16(24-18(20)23-15)25-7-2-4-14(12-25)17-22-6-8-26(17)11-13-3-1-5-21-10-13/h1,3,5-6,8-10,14H,2,4,7,11-12H2,(H4,19,20,23,24)/t14-/m0/s1. The van der Waals surface area contributed by atoms with Gasteiger partial charge in [0.15, 0.2) is 0 Å². The van der Waals surface area contributed by atoms with Crippen molar-refractivity contribution in [2.24, 2.45) is 0 Å². The van der Waals surface area contributed by atoms with Crippen molar-refractivity contribution in [1.82, 2.24) is 24.5 Å². The van der Waals surface area contributed by atoms with Gasteiger partial charge in [-0.05, 0) is 24.5 Å². The van der Waals surface area contributed by atoms with E-state index in [1.165, 1.54) is 0 Å². The first-order valence-electron chi connectivity index (χ1n) is 8.74. The molecule has 4 rings (SSSR count). The SMILES string of the molecule is Nc1cc(N2CCC[C@H](c3nccn3Cc3cccnc3)C2)nc(N)n1. The zero-order chi connectivity index (χ0) is 17.9. The van der Waals surface area contributed by atoms with Crippen LogP contribution in [0.5, 0.6) is 0 Å². The molecule has 0 bridgehead atoms. The Balaban J connectivity index is 1.54. The first-order chi connectivity index (χ1) is 12.7. The summed E-state index contributed by atoms with van der Waals surface area (Å²) in [6.45, 7) is 2.53. The van der Waals surface area contributed by atoms with E-state index < -0.39 is 0 Å². The van der Waals surface area contributed by atoms with Gasteiger partial charge in [0.2, 0.25) is 5.95 Å². The molecular weight excluding hydrogens is 328 g/mol. The average Bonchev–Trinajstić information content (AvgIpc) is 3.10. The van der Waals surface area contributed by atoms with Crippen LogP contribution in [0.4, 0.5) is 17.6 Å². The van der Waals surface area contributed by atoms with Gasteiger partial charge >= 0.3 is 0 Å². The number of rotatable bonds is 4. The van der Waals surface area contributed by atoms with Gasteiger partial charge in [-0.2, -0.15) is 9.97 Å². The zero-order valence-electron chi connectivity index (χ0n) is 14.5. The molecule has 4 heterocycles. The van der Waals surface area contributed by atoms with Gasteiger partial charge in [0.25, 0.3) is 0 Å². The molecule has 0 amide bonds. The lowest BCUT2D eigenvalue weighted by atomic mass is 9.97. The third kappa shape index (κ3) is 3.44. The van der Waals surface area contributed by atoms with E-state index in [4.69, 9.17) is 11.5 Å². The van der Waals surface area contributed by atoms with Crippen molar-refractivity contribution in [2.75, 3.05) is 29.5 Å². The average molecular weight is 350 g/mol. The minimum atomic E-state index is 0.209. The Morgan fingerprint density at radius 2 is 2.12 bits per heavy atom. The predicted molar refractivity (Wildman–Crippen MR) is 101 cm³/mol. The molecule has 1 aliphatic heterocycles. The highest BCUT2D eigenvalue weighted by Gasteiger charge is 2.26. The molecule has 0 saturated carbocycles. The summed E-state index contributed by atoms with van der Waals surface area (Å²) in [4.78, 5) is 19.3. The van der Waals surface area contributed by atoms with Crippen molar-refractivity contribution in [3.05, 3.63) is 54.4 Å². The van der Waals surface area contributed by atoms with Crippen molar-refractivity contribution < 1.29 is 0 Å². The lowest BCUT2D eigenvalue weighted by Gasteiger charge is -2.33. The molecule has 3 aromatic heterocycles. The Morgan fingerprint density at radius 3 is 2.92 bits per heavy atom. The van der Waals surface area contributed by atoms with E-state index in [1.807, 2.05) is 24.7 Å². The van der Waals surface area contributed by atoms with Gasteiger partial charge in [0.1, 0.15) is 17.5 Å². The largest absolute Gasteiger partial charge is 0.383 e. The number of nitrogen functional groups attached to an aromatic ring is 2. The molecule has 4 N–H and O–H groups in total. The molecule has 0 radical (unpaired) electrons. The summed E-state index contributed by atoms with van der Waals surface area (Å²) in [6, 6.07) is 5.81. The number of aromatic nitrogens is 5. The fourth-order valence-electron chi connectivity index (χ4n) is 3.53. The topological polar surface area (TPSA) is 112 Å². The van der Waals surface area contributed by atoms with Crippen LogP contribution in [0.25, 0.3) is 0 Å². The molecule has 1 saturated heterocycles. The van der Waals surface area contributed by atoms with E-state index in [9.17, 15) is 0 Å². The number of anilines is 3. The summed E-state index contributed by atoms with van der Waals surface area (Å²) < 4.78 is 2.20. The highest BCUT2D eigenvalue weighted by atomic mass is 15.2. The first kappa shape index (κ1) is 16.3. The molecular formula is C18H22N8. The highest BCUT2D eigenvalue weighted by molar-refractivity contribution is 5.50. The molecule has 0 unspecified atom stereocenters. The molecule has 0 aromatic carbocycles. The van der Waals surface area contributed by atoms with Gasteiger partial charge in [-0.3, -0.25) is 4.98 Å². The minimum Gasteiger partial charge on any atom is -0.383 e. The summed E-state index contributed by atoms with van der Waals surface area (Å²) in [7, 11) is 0. The number of hydrogen-bond acceptors (Lipinski definition) is 7. The second kappa shape index (κ2) is 6.99. The molecule has 0 aliphatic carbocycles. The van der Waals surface area contributed by atoms with Crippen molar-refractivity contribution in [1.29, 1.82) is 0 Å². The van der Waals surface area contributed by atoms with Crippen molar-refractivity contribution in [3.63, 3.8) is 0 Å². The number of nitrogens with two attached hydrogens (primary N) is 2. The number of nitrogens with zero attached hydrogens (tertiary/aromatic N) is 6. The lowest BCUT2D eigenvalue weighted by molar-refractivity contribution is 0.474. The monoisotopic (exact) mass is 350 g/mol. The fraction of sp³-hybridized carbons (Fsp3) is 0.333. The normalized spacial score (nSPS) is 17.4. The molecule has 3 aromatic rings. The maximum Gasteiger partial charge on any atom is 0.223 e. The van der Waals surface area contributed by atoms with E-state index in [2.05, 4.69) is 35.5 Å². The van der Waals surface area contributed by atoms with Crippen molar-refractivity contribution >= 4 is 17.6 Å². The second-order valence-electron chi connectivity index (χ2n) is 6.57. The Bertz CT molecular complexity index is 856. The first-order valence-corrected chi connectivity index (χ1v) is 8.74. The number of pyridine rings is 1. The van der Waals surface area contributed by atoms with Crippen molar-refractivity contribution in [3.8, 4) is 0 Å². The van der Waals surface area contributed by atoms with Crippen LogP contribution in [0.3, 0.4) is 0 Å². The number of piperidine rings is 1. The molecule has 1 fully saturated rings. The van der Waals surface area contributed by atoms with E-state index in [-0.39, 0.29) is 5.95 Å². The van der Waals surface area contributed by atoms with Gasteiger partial charge in [0, 0.05) is 49.9 Å². The molecule has 8 nitrogen and oxygen atoms in total. The maximum absolute atomic E-state index is 5.83. The number of hydrogen-bond donors (Lipinski definition) is 2. The van der Waals surface area contributed by atoms with Crippen LogP contribution in [0.1, 0.15) is 30.1 Å². The smallest absolute Gasteiger partial charge is 0.223 e. The van der Waals surface area contributed by atoms with Gasteiger partial charge in [-0.1, -0.05) is 6.07 Å². The van der Waals surface area contributed by atoms with E-state index in [0.717, 1.165) is 49.7 Å². The minimum absolute atomic E-state index is 0.209. The predicted octanol–water partition coefficient (Wildman–Crippen LogP) is 1.66. The molecule has 1 aliphatic rings. The Labute approximate surface area is 151 Å². The third-order valence-electron chi connectivity index (χ3n) is 4.68. The van der Waals surface area contributed by atoms with Gasteiger partial charge in [-0.25, -0.2) is 4.98 Å². The Hall–Kier alpha value is -3.16. The van der Waals surface area contributed by atoms with E-state index in [0.29, 0.717) is 11.7 Å². The summed E-state index contributed by atoms with van der Waals surface area (Å²) in [6.07, 6.45) is 9.73. The fourth-order valence-corrected chi connectivity index (χ4v) is 3.53. The van der Waals surface area contributed by atoms with Gasteiger partial charge in [-0.15, -0.1) is 0 Å². The molecule has 134 valence electrons. The quantitative estimate of drug-likeness (QED) is 0.736. The van der Waals surface area contributed by atoms with Crippen LogP contribution in [-0.4, -0.2) is 37.6 Å². The number of imidazole rings is 1. The molecule has 0 spiro atoms. The van der Waals surface area contributed by atoms with E-state index in [1.54, 1.807) is 12.3 Å². The maximum atomic E-state index is 5.83. The summed E-state index contributed by atoms with van der Waals surface area (Å²) >= 11 is 0. The van der Waals surface area contributed by atoms with Crippen molar-refractivity contribution in [2.45, 2.75) is 25.3 Å². The zero-order valence-corrected chi connectivity index (χ0v) is 14.5. The van der Waals surface area contributed by atoms with Crippen LogP contribution in [0.2, 0.25) is 0 Å². The third-order valence-corrected chi connectivity index (χ3v) is 4.68. The van der Waals surface area contributed by atoms with Crippen LogP contribution in [0, 0.1) is 0 Å². The second-order valence-corrected chi connectivity index (χ2v) is 6.57. The summed E-state index contributed by atoms with van der Waals surface area (Å²) in [5, 5.41) is 0. The molecule has 8 heteroatoms. The van der Waals surface area contributed by atoms with Crippen LogP contribution >= 0.6 is 0 Å². The lowest BCUT2D eigenvalue weighted by Crippen LogP contribution is -2.36. The van der Waals surface area contributed by atoms with Gasteiger partial charge < -0.3 is 20.9 Å². The Morgan fingerprint density at radius 1 is 1.19 bits per heavy atom. The van der Waals surface area contributed by atoms with Crippen LogP contribution < -0.4 is 16.4 Å². The van der Waals surface area contributed by atoms with Crippen LogP contribution in [0.15, 0.2) is 43.0 Å². The Kier molecular flexibility index (Phi) is 4.39. The highest BCUT2D eigenvalue weighted by Crippen LogP contribution is 2.29. The molecule has 26 heavy (non-hydrogen) atoms. The van der Waals surface area contributed by atoms with Gasteiger partial charge in [0.05, 0.1) is 6.54 Å². The van der Waals surface area contributed by atoms with Crippen LogP contribution in [-0.2, 0) is 6.54 Å². The van der Waals surface area contributed by atoms with E-state index >= 15 is 0 Å². The molecule has 1 atom stereocenters. The summed E-state index contributed by atoms with van der Waals surface area (Å²) in [5.74, 6) is 2.80. The summed E-state index contributed by atoms with van der Waals surface area (Å²) in [5.41, 5.74) is 12.7.